The lowest BCUT2D eigenvalue weighted by Gasteiger charge is -2.07. The van der Waals surface area contributed by atoms with Gasteiger partial charge < -0.3 is 9.84 Å². The zero-order chi connectivity index (χ0) is 18.7. The van der Waals surface area contributed by atoms with E-state index in [9.17, 15) is 14.3 Å². The van der Waals surface area contributed by atoms with Crippen LogP contribution in [0.4, 0.5) is 4.39 Å². The second kappa shape index (κ2) is 7.39. The Bertz CT molecular complexity index is 903. The van der Waals surface area contributed by atoms with E-state index in [1.54, 1.807) is 0 Å². The Labute approximate surface area is 150 Å². The largest absolute Gasteiger partial charge is 0.493 e. The Balaban J connectivity index is 1.91. The van der Waals surface area contributed by atoms with Crippen LogP contribution in [0, 0.1) is 5.82 Å². The normalized spacial score (nSPS) is 10.9. The molecule has 0 aliphatic heterocycles. The van der Waals surface area contributed by atoms with Gasteiger partial charge in [0.15, 0.2) is 5.69 Å². The third-order valence-corrected chi connectivity index (χ3v) is 3.95. The van der Waals surface area contributed by atoms with Crippen molar-refractivity contribution in [1.29, 1.82) is 0 Å². The molecule has 0 amide bonds. The second-order valence-electron chi connectivity index (χ2n) is 6.19. The van der Waals surface area contributed by atoms with Gasteiger partial charge in [-0.15, -0.1) is 0 Å². The Kier molecular flexibility index (Phi) is 5.02. The molecule has 6 heteroatoms. The van der Waals surface area contributed by atoms with Crippen LogP contribution in [0.25, 0.3) is 5.69 Å². The number of aromatic nitrogens is 2. The van der Waals surface area contributed by atoms with Gasteiger partial charge >= 0.3 is 5.97 Å². The molecule has 0 radical (unpaired) electrons. The number of esters is 1. The number of benzene rings is 2. The van der Waals surface area contributed by atoms with Crippen LogP contribution in [-0.2, 0) is 11.3 Å². The third-order valence-electron chi connectivity index (χ3n) is 3.95. The van der Waals surface area contributed by atoms with Crippen LogP contribution >= 0.6 is 0 Å². The summed E-state index contributed by atoms with van der Waals surface area (Å²) < 4.78 is 19.7. The number of hydrogen-bond acceptors (Lipinski definition) is 4. The van der Waals surface area contributed by atoms with Crippen LogP contribution in [0.2, 0.25) is 0 Å². The summed E-state index contributed by atoms with van der Waals surface area (Å²) >= 11 is 0. The highest BCUT2D eigenvalue weighted by atomic mass is 19.1. The van der Waals surface area contributed by atoms with Gasteiger partial charge in [0.2, 0.25) is 5.88 Å². The minimum atomic E-state index is -0.617. The van der Waals surface area contributed by atoms with Crippen LogP contribution in [0.3, 0.4) is 0 Å². The maximum Gasteiger partial charge on any atom is 0.359 e. The summed E-state index contributed by atoms with van der Waals surface area (Å²) in [6.45, 7) is 3.81. The average molecular weight is 354 g/mol. The van der Waals surface area contributed by atoms with Gasteiger partial charge in [0, 0.05) is 0 Å². The van der Waals surface area contributed by atoms with Gasteiger partial charge in [0.1, 0.15) is 12.4 Å². The number of nitrogens with zero attached hydrogens (tertiary/aromatic N) is 2. The molecule has 3 rings (SSSR count). The quantitative estimate of drug-likeness (QED) is 0.698. The smallest absolute Gasteiger partial charge is 0.359 e. The summed E-state index contributed by atoms with van der Waals surface area (Å²) in [5.74, 6) is -1.32. The molecule has 1 N–H and O–H groups in total. The summed E-state index contributed by atoms with van der Waals surface area (Å²) in [7, 11) is 0. The van der Waals surface area contributed by atoms with E-state index in [1.807, 2.05) is 44.2 Å². The lowest BCUT2D eigenvalue weighted by atomic mass is 10.0. The van der Waals surface area contributed by atoms with E-state index in [0.717, 1.165) is 5.56 Å². The maximum atomic E-state index is 13.1. The fourth-order valence-electron chi connectivity index (χ4n) is 2.66. The predicted octanol–water partition coefficient (Wildman–Crippen LogP) is 4.20. The van der Waals surface area contributed by atoms with Crippen LogP contribution < -0.4 is 0 Å². The lowest BCUT2D eigenvalue weighted by molar-refractivity contribution is 0.0463. The van der Waals surface area contributed by atoms with E-state index in [0.29, 0.717) is 11.3 Å². The number of rotatable bonds is 5. The molecule has 0 saturated carbocycles. The Hall–Kier alpha value is -3.15. The molecule has 0 unspecified atom stereocenters. The molecule has 0 fully saturated rings. The van der Waals surface area contributed by atoms with E-state index < -0.39 is 11.8 Å². The van der Waals surface area contributed by atoms with Gasteiger partial charge in [0.05, 0.1) is 11.3 Å². The Morgan fingerprint density at radius 1 is 1.15 bits per heavy atom. The van der Waals surface area contributed by atoms with Gasteiger partial charge in [-0.05, 0) is 35.7 Å². The molecule has 1 heterocycles. The van der Waals surface area contributed by atoms with Crippen molar-refractivity contribution in [2.45, 2.75) is 26.4 Å². The molecule has 0 aliphatic carbocycles. The molecule has 26 heavy (non-hydrogen) atoms. The molecule has 3 aromatic rings. The minimum absolute atomic E-state index is 0.0535. The van der Waals surface area contributed by atoms with Crippen molar-refractivity contribution in [1.82, 2.24) is 9.78 Å². The van der Waals surface area contributed by atoms with Gasteiger partial charge in [-0.2, -0.15) is 5.10 Å². The van der Waals surface area contributed by atoms with Crippen molar-refractivity contribution in [2.24, 2.45) is 0 Å². The zero-order valence-electron chi connectivity index (χ0n) is 14.5. The first-order valence-corrected chi connectivity index (χ1v) is 8.26. The SMILES string of the molecule is CC(C)c1c(C(=O)OCc2ccccc2)nn(-c2ccc(F)cc2)c1O. The molecule has 0 spiro atoms. The fourth-order valence-corrected chi connectivity index (χ4v) is 2.66. The maximum absolute atomic E-state index is 13.1. The monoisotopic (exact) mass is 354 g/mol. The van der Waals surface area contributed by atoms with Crippen molar-refractivity contribution in [2.75, 3.05) is 0 Å². The highest BCUT2D eigenvalue weighted by molar-refractivity contribution is 5.90. The third kappa shape index (κ3) is 3.59. The molecule has 0 aliphatic rings. The van der Waals surface area contributed by atoms with Crippen molar-refractivity contribution in [3.63, 3.8) is 0 Å². The molecule has 2 aromatic carbocycles. The molecular formula is C20H19FN2O3. The van der Waals surface area contributed by atoms with E-state index in [2.05, 4.69) is 5.10 Å². The van der Waals surface area contributed by atoms with E-state index in [-0.39, 0.29) is 24.1 Å². The van der Waals surface area contributed by atoms with Gasteiger partial charge in [-0.1, -0.05) is 44.2 Å². The van der Waals surface area contributed by atoms with E-state index in [1.165, 1.54) is 28.9 Å². The fraction of sp³-hybridized carbons (Fsp3) is 0.200. The summed E-state index contributed by atoms with van der Waals surface area (Å²) in [6, 6.07) is 14.8. The first-order valence-electron chi connectivity index (χ1n) is 8.26. The second-order valence-corrected chi connectivity index (χ2v) is 6.19. The number of hydrogen-bond donors (Lipinski definition) is 1. The van der Waals surface area contributed by atoms with Crippen molar-refractivity contribution >= 4 is 5.97 Å². The van der Waals surface area contributed by atoms with Crippen LogP contribution in [0.5, 0.6) is 5.88 Å². The summed E-state index contributed by atoms with van der Waals surface area (Å²) in [5.41, 5.74) is 1.76. The highest BCUT2D eigenvalue weighted by Crippen LogP contribution is 2.32. The molecular weight excluding hydrogens is 335 g/mol. The van der Waals surface area contributed by atoms with Gasteiger partial charge in [-0.3, -0.25) is 0 Å². The summed E-state index contributed by atoms with van der Waals surface area (Å²) in [4.78, 5) is 12.5. The summed E-state index contributed by atoms with van der Waals surface area (Å²) in [6.07, 6.45) is 0. The van der Waals surface area contributed by atoms with Crippen LogP contribution in [0.15, 0.2) is 54.6 Å². The number of aromatic hydroxyl groups is 1. The number of ether oxygens (including phenoxy) is 1. The van der Waals surface area contributed by atoms with Crippen molar-refractivity contribution in [3.05, 3.63) is 77.2 Å². The predicted molar refractivity (Wildman–Crippen MR) is 94.8 cm³/mol. The van der Waals surface area contributed by atoms with Crippen molar-refractivity contribution in [3.8, 4) is 11.6 Å². The molecule has 0 atom stereocenters. The standard InChI is InChI=1S/C20H19FN2O3/c1-13(2)17-18(20(25)26-12-14-6-4-3-5-7-14)22-23(19(17)24)16-10-8-15(21)9-11-16/h3-11,13,24H,12H2,1-2H3. The number of halogens is 1. The minimum Gasteiger partial charge on any atom is -0.493 e. The molecule has 1 aromatic heterocycles. The first kappa shape index (κ1) is 17.7. The molecule has 134 valence electrons. The van der Waals surface area contributed by atoms with Gasteiger partial charge in [0.25, 0.3) is 0 Å². The molecule has 5 nitrogen and oxygen atoms in total. The Morgan fingerprint density at radius 3 is 2.42 bits per heavy atom. The first-order chi connectivity index (χ1) is 12.5. The number of carbonyl (C=O) groups excluding carboxylic acids is 1. The van der Waals surface area contributed by atoms with E-state index in [4.69, 9.17) is 4.74 Å². The van der Waals surface area contributed by atoms with Crippen LogP contribution in [0.1, 0.15) is 41.4 Å². The number of carbonyl (C=O) groups is 1. The molecule has 0 saturated heterocycles. The van der Waals surface area contributed by atoms with Crippen LogP contribution in [-0.4, -0.2) is 20.9 Å². The zero-order valence-corrected chi connectivity index (χ0v) is 14.5. The molecule has 0 bridgehead atoms. The van der Waals surface area contributed by atoms with Gasteiger partial charge in [-0.25, -0.2) is 13.9 Å². The topological polar surface area (TPSA) is 64.3 Å². The lowest BCUT2D eigenvalue weighted by Crippen LogP contribution is -2.09. The van der Waals surface area contributed by atoms with Crippen molar-refractivity contribution < 1.29 is 19.0 Å². The van der Waals surface area contributed by atoms with E-state index >= 15 is 0 Å². The summed E-state index contributed by atoms with van der Waals surface area (Å²) in [5, 5.41) is 14.7. The highest BCUT2D eigenvalue weighted by Gasteiger charge is 2.26. The Morgan fingerprint density at radius 2 is 1.81 bits per heavy atom. The average Bonchev–Trinajstić information content (AvgIpc) is 2.99.